The predicted octanol–water partition coefficient (Wildman–Crippen LogP) is 0.205. The number of esters is 2. The summed E-state index contributed by atoms with van der Waals surface area (Å²) in [6.45, 7) is 0.482. The van der Waals surface area contributed by atoms with E-state index in [4.69, 9.17) is 5.73 Å². The quantitative estimate of drug-likeness (QED) is 0.740. The number of methoxy groups -OCH3 is 2. The van der Waals surface area contributed by atoms with Crippen LogP contribution in [0, 0.1) is 0 Å². The van der Waals surface area contributed by atoms with Crippen molar-refractivity contribution in [2.75, 3.05) is 20.0 Å². The molecule has 0 aliphatic rings. The maximum Gasteiger partial charge on any atom is 0.360 e. The molecule has 0 amide bonds. The van der Waals surface area contributed by atoms with Crippen LogP contribution < -0.4 is 5.73 Å². The van der Waals surface area contributed by atoms with Crippen LogP contribution in [-0.2, 0) is 20.8 Å². The molecule has 1 aromatic heterocycles. The average molecular weight is 241 g/mol. The van der Waals surface area contributed by atoms with E-state index in [9.17, 15) is 9.59 Å². The molecule has 0 unspecified atom stereocenters. The van der Waals surface area contributed by atoms with Crippen LogP contribution in [0.2, 0.25) is 0 Å². The standard InChI is InChI=1S/C10H15N3O4/c1-16-8(14)4-3-5-13-6-7(11)9(12-13)10(15)17-2/h6H,3-5,11H2,1-2H3. The second kappa shape index (κ2) is 5.88. The molecule has 0 atom stereocenters. The zero-order valence-corrected chi connectivity index (χ0v) is 9.80. The lowest BCUT2D eigenvalue weighted by molar-refractivity contribution is -0.140. The van der Waals surface area contributed by atoms with Crippen molar-refractivity contribution in [1.29, 1.82) is 0 Å². The molecule has 7 nitrogen and oxygen atoms in total. The maximum atomic E-state index is 11.2. The van der Waals surface area contributed by atoms with Gasteiger partial charge in [-0.05, 0) is 6.42 Å². The van der Waals surface area contributed by atoms with E-state index in [0.717, 1.165) is 0 Å². The molecular weight excluding hydrogens is 226 g/mol. The Bertz CT molecular complexity index is 414. The first-order valence-electron chi connectivity index (χ1n) is 5.06. The largest absolute Gasteiger partial charge is 0.469 e. The number of aromatic nitrogens is 2. The zero-order chi connectivity index (χ0) is 12.8. The molecule has 0 saturated heterocycles. The Morgan fingerprint density at radius 2 is 2.12 bits per heavy atom. The summed E-state index contributed by atoms with van der Waals surface area (Å²) in [6.07, 6.45) is 2.39. The summed E-state index contributed by atoms with van der Waals surface area (Å²) in [7, 11) is 2.60. The number of ether oxygens (including phenoxy) is 2. The van der Waals surface area contributed by atoms with Gasteiger partial charge in [0.05, 0.1) is 19.9 Å². The van der Waals surface area contributed by atoms with Crippen LogP contribution in [0.5, 0.6) is 0 Å². The van der Waals surface area contributed by atoms with Crippen molar-refractivity contribution in [3.8, 4) is 0 Å². The third-order valence-corrected chi connectivity index (χ3v) is 2.16. The number of carbonyl (C=O) groups excluding carboxylic acids is 2. The highest BCUT2D eigenvalue weighted by molar-refractivity contribution is 5.92. The lowest BCUT2D eigenvalue weighted by atomic mass is 10.3. The third kappa shape index (κ3) is 3.47. The highest BCUT2D eigenvalue weighted by atomic mass is 16.5. The number of rotatable bonds is 5. The monoisotopic (exact) mass is 241 g/mol. The molecule has 0 aromatic carbocycles. The molecule has 0 bridgehead atoms. The molecule has 1 aromatic rings. The van der Waals surface area contributed by atoms with Crippen molar-refractivity contribution in [3.63, 3.8) is 0 Å². The summed E-state index contributed by atoms with van der Waals surface area (Å²) >= 11 is 0. The third-order valence-electron chi connectivity index (χ3n) is 2.16. The van der Waals surface area contributed by atoms with Crippen molar-refractivity contribution in [2.45, 2.75) is 19.4 Å². The van der Waals surface area contributed by atoms with Crippen LogP contribution in [-0.4, -0.2) is 35.9 Å². The minimum atomic E-state index is -0.575. The van der Waals surface area contributed by atoms with Gasteiger partial charge in [0.1, 0.15) is 0 Å². The zero-order valence-electron chi connectivity index (χ0n) is 9.80. The molecule has 2 N–H and O–H groups in total. The van der Waals surface area contributed by atoms with E-state index >= 15 is 0 Å². The van der Waals surface area contributed by atoms with Gasteiger partial charge in [-0.25, -0.2) is 4.79 Å². The van der Waals surface area contributed by atoms with Gasteiger partial charge in [-0.1, -0.05) is 0 Å². The Hall–Kier alpha value is -2.05. The van der Waals surface area contributed by atoms with Crippen LogP contribution in [0.3, 0.4) is 0 Å². The lowest BCUT2D eigenvalue weighted by Crippen LogP contribution is -2.07. The SMILES string of the molecule is COC(=O)CCCn1cc(N)c(C(=O)OC)n1. The van der Waals surface area contributed by atoms with Crippen molar-refractivity contribution < 1.29 is 19.1 Å². The first kappa shape index (κ1) is 13.0. The molecule has 0 aliphatic heterocycles. The van der Waals surface area contributed by atoms with Crippen LogP contribution in [0.4, 0.5) is 5.69 Å². The number of hydrogen-bond donors (Lipinski definition) is 1. The molecular formula is C10H15N3O4. The molecule has 17 heavy (non-hydrogen) atoms. The number of nitrogens with two attached hydrogens (primary N) is 1. The average Bonchev–Trinajstić information content (AvgIpc) is 2.69. The number of hydrogen-bond acceptors (Lipinski definition) is 6. The van der Waals surface area contributed by atoms with Crippen LogP contribution in [0.15, 0.2) is 6.20 Å². The summed E-state index contributed by atoms with van der Waals surface area (Å²) in [5, 5.41) is 3.97. The molecule has 1 heterocycles. The van der Waals surface area contributed by atoms with Crippen molar-refractivity contribution in [1.82, 2.24) is 9.78 Å². The van der Waals surface area contributed by atoms with E-state index in [-0.39, 0.29) is 17.4 Å². The summed E-state index contributed by atoms with van der Waals surface area (Å²) in [6, 6.07) is 0. The van der Waals surface area contributed by atoms with Crippen molar-refractivity contribution in [2.24, 2.45) is 0 Å². The van der Waals surface area contributed by atoms with E-state index in [1.807, 2.05) is 0 Å². The van der Waals surface area contributed by atoms with Gasteiger partial charge in [0, 0.05) is 19.2 Å². The van der Waals surface area contributed by atoms with E-state index in [0.29, 0.717) is 19.4 Å². The number of nitrogen functional groups attached to an aromatic ring is 1. The molecule has 0 saturated carbocycles. The van der Waals surface area contributed by atoms with Gasteiger partial charge in [-0.2, -0.15) is 5.10 Å². The summed E-state index contributed by atoms with van der Waals surface area (Å²) < 4.78 is 10.5. The first-order chi connectivity index (χ1) is 8.08. The first-order valence-corrected chi connectivity index (χ1v) is 5.06. The fourth-order valence-electron chi connectivity index (χ4n) is 1.29. The maximum absolute atomic E-state index is 11.2. The predicted molar refractivity (Wildman–Crippen MR) is 59.2 cm³/mol. The van der Waals surface area contributed by atoms with E-state index in [1.165, 1.54) is 25.1 Å². The van der Waals surface area contributed by atoms with Crippen LogP contribution in [0.1, 0.15) is 23.3 Å². The smallest absolute Gasteiger partial charge is 0.360 e. The number of carbonyl (C=O) groups is 2. The Kier molecular flexibility index (Phi) is 4.50. The minimum Gasteiger partial charge on any atom is -0.469 e. The molecule has 94 valence electrons. The van der Waals surface area contributed by atoms with Gasteiger partial charge >= 0.3 is 11.9 Å². The number of anilines is 1. The van der Waals surface area contributed by atoms with E-state index in [1.54, 1.807) is 0 Å². The topological polar surface area (TPSA) is 96.4 Å². The molecule has 0 aliphatic carbocycles. The Balaban J connectivity index is 2.56. The Morgan fingerprint density at radius 1 is 1.41 bits per heavy atom. The fourth-order valence-corrected chi connectivity index (χ4v) is 1.29. The Labute approximate surface area is 98.5 Å². The van der Waals surface area contributed by atoms with E-state index < -0.39 is 5.97 Å². The van der Waals surface area contributed by atoms with E-state index in [2.05, 4.69) is 14.6 Å². The van der Waals surface area contributed by atoms with Gasteiger partial charge in [0.15, 0.2) is 5.69 Å². The van der Waals surface area contributed by atoms with Crippen molar-refractivity contribution >= 4 is 17.6 Å². The van der Waals surface area contributed by atoms with Gasteiger partial charge in [-0.3, -0.25) is 9.48 Å². The highest BCUT2D eigenvalue weighted by Crippen LogP contribution is 2.10. The summed E-state index contributed by atoms with van der Waals surface area (Å²) in [5.41, 5.74) is 5.95. The normalized spacial score (nSPS) is 10.0. The minimum absolute atomic E-state index is 0.0885. The molecule has 0 fully saturated rings. The second-order valence-electron chi connectivity index (χ2n) is 3.37. The van der Waals surface area contributed by atoms with Crippen molar-refractivity contribution in [3.05, 3.63) is 11.9 Å². The van der Waals surface area contributed by atoms with Gasteiger partial charge in [0.2, 0.25) is 0 Å². The molecule has 0 spiro atoms. The second-order valence-corrected chi connectivity index (χ2v) is 3.37. The van der Waals surface area contributed by atoms with Gasteiger partial charge in [-0.15, -0.1) is 0 Å². The number of aryl methyl sites for hydroxylation is 1. The highest BCUT2D eigenvalue weighted by Gasteiger charge is 2.14. The molecule has 0 radical (unpaired) electrons. The summed E-state index contributed by atoms with van der Waals surface area (Å²) in [5.74, 6) is -0.854. The molecule has 1 rings (SSSR count). The van der Waals surface area contributed by atoms with Gasteiger partial charge in [0.25, 0.3) is 0 Å². The Morgan fingerprint density at radius 3 is 2.71 bits per heavy atom. The fraction of sp³-hybridized carbons (Fsp3) is 0.500. The van der Waals surface area contributed by atoms with Crippen LogP contribution >= 0.6 is 0 Å². The van der Waals surface area contributed by atoms with Crippen LogP contribution in [0.25, 0.3) is 0 Å². The number of nitrogens with zero attached hydrogens (tertiary/aromatic N) is 2. The summed E-state index contributed by atoms with van der Waals surface area (Å²) in [4.78, 5) is 22.1. The lowest BCUT2D eigenvalue weighted by Gasteiger charge is -2.00. The molecule has 7 heteroatoms. The van der Waals surface area contributed by atoms with Gasteiger partial charge < -0.3 is 15.2 Å².